The number of hydrogen-bond acceptors (Lipinski definition) is 3. The Balaban J connectivity index is 1.46. The maximum Gasteiger partial charge on any atom is 0.335 e. The zero-order valence-corrected chi connectivity index (χ0v) is 17.3. The lowest BCUT2D eigenvalue weighted by Crippen LogP contribution is -2.26. The highest BCUT2D eigenvalue weighted by Crippen LogP contribution is 2.35. The van der Waals surface area contributed by atoms with E-state index in [0.717, 1.165) is 49.5 Å². The van der Waals surface area contributed by atoms with Crippen molar-refractivity contribution < 1.29 is 9.90 Å². The summed E-state index contributed by atoms with van der Waals surface area (Å²) in [7, 11) is 0. The number of benzene rings is 2. The van der Waals surface area contributed by atoms with E-state index in [9.17, 15) is 9.90 Å². The first-order chi connectivity index (χ1) is 14.0. The molecule has 152 valence electrons. The first-order valence-corrected chi connectivity index (χ1v) is 10.5. The molecule has 0 aliphatic carbocycles. The van der Waals surface area contributed by atoms with Crippen molar-refractivity contribution in [2.24, 2.45) is 5.41 Å². The molecule has 5 heteroatoms. The molecule has 1 saturated heterocycles. The van der Waals surface area contributed by atoms with Gasteiger partial charge < -0.3 is 9.67 Å². The summed E-state index contributed by atoms with van der Waals surface area (Å²) in [4.78, 5) is 18.6. The SMILES string of the molecule is CCn1c(CN2CCC(C)(CCc3ccccc3)C2)nc2cc(C(=O)O)ccc21. The van der Waals surface area contributed by atoms with Crippen molar-refractivity contribution >= 4 is 17.0 Å². The van der Waals surface area contributed by atoms with Gasteiger partial charge in [-0.25, -0.2) is 9.78 Å². The predicted octanol–water partition coefficient (Wildman–Crippen LogP) is 4.60. The van der Waals surface area contributed by atoms with Crippen molar-refractivity contribution in [3.05, 3.63) is 65.5 Å². The summed E-state index contributed by atoms with van der Waals surface area (Å²) in [5.74, 6) is 0.116. The molecule has 0 radical (unpaired) electrons. The molecule has 1 aromatic heterocycles. The maximum atomic E-state index is 11.3. The van der Waals surface area contributed by atoms with Crippen molar-refractivity contribution in [2.45, 2.75) is 46.2 Å². The summed E-state index contributed by atoms with van der Waals surface area (Å²) < 4.78 is 2.21. The lowest BCUT2D eigenvalue weighted by Gasteiger charge is -2.25. The van der Waals surface area contributed by atoms with Crippen LogP contribution in [0.3, 0.4) is 0 Å². The lowest BCUT2D eigenvalue weighted by molar-refractivity contribution is 0.0697. The Morgan fingerprint density at radius 3 is 2.72 bits per heavy atom. The molecule has 2 heterocycles. The molecule has 1 aliphatic rings. The Hall–Kier alpha value is -2.66. The van der Waals surface area contributed by atoms with Crippen LogP contribution >= 0.6 is 0 Å². The standard InChI is InChI=1S/C24H29N3O2/c1-3-27-21-10-9-19(23(28)29)15-20(21)25-22(27)16-26-14-13-24(2,17-26)12-11-18-7-5-4-6-8-18/h4-10,15H,3,11-14,16-17H2,1-2H3,(H,28,29). The second kappa shape index (κ2) is 7.99. The van der Waals surface area contributed by atoms with Gasteiger partial charge in [0.05, 0.1) is 23.1 Å². The Morgan fingerprint density at radius 1 is 1.21 bits per heavy atom. The lowest BCUT2D eigenvalue weighted by atomic mass is 9.83. The van der Waals surface area contributed by atoms with Crippen molar-refractivity contribution in [3.8, 4) is 0 Å². The minimum absolute atomic E-state index is 0.291. The Kier molecular flexibility index (Phi) is 5.41. The van der Waals surface area contributed by atoms with Gasteiger partial charge in [0.2, 0.25) is 0 Å². The summed E-state index contributed by atoms with van der Waals surface area (Å²) in [6, 6.07) is 16.0. The third-order valence-electron chi connectivity index (χ3n) is 6.25. The van der Waals surface area contributed by atoms with Gasteiger partial charge in [0.25, 0.3) is 0 Å². The summed E-state index contributed by atoms with van der Waals surface area (Å²) >= 11 is 0. The molecule has 4 rings (SSSR count). The summed E-state index contributed by atoms with van der Waals surface area (Å²) in [6.07, 6.45) is 3.52. The predicted molar refractivity (Wildman–Crippen MR) is 115 cm³/mol. The number of aromatic carboxylic acids is 1. The summed E-state index contributed by atoms with van der Waals surface area (Å²) in [5.41, 5.74) is 3.81. The van der Waals surface area contributed by atoms with Gasteiger partial charge in [-0.1, -0.05) is 37.3 Å². The molecule has 1 N–H and O–H groups in total. The molecule has 5 nitrogen and oxygen atoms in total. The van der Waals surface area contributed by atoms with Gasteiger partial charge in [0.15, 0.2) is 0 Å². The Morgan fingerprint density at radius 2 is 2.00 bits per heavy atom. The normalized spacial score (nSPS) is 19.8. The minimum Gasteiger partial charge on any atom is -0.478 e. The molecule has 3 aromatic rings. The van der Waals surface area contributed by atoms with Crippen LogP contribution < -0.4 is 0 Å². The molecular formula is C24H29N3O2. The van der Waals surface area contributed by atoms with Crippen molar-refractivity contribution in [1.82, 2.24) is 14.5 Å². The molecule has 1 unspecified atom stereocenters. The van der Waals surface area contributed by atoms with E-state index in [1.54, 1.807) is 12.1 Å². The number of imidazole rings is 1. The number of nitrogens with zero attached hydrogens (tertiary/aromatic N) is 3. The number of fused-ring (bicyclic) bond motifs is 1. The highest BCUT2D eigenvalue weighted by atomic mass is 16.4. The Bertz CT molecular complexity index is 1010. The van der Waals surface area contributed by atoms with Gasteiger partial charge in [-0.15, -0.1) is 0 Å². The third kappa shape index (κ3) is 4.20. The monoisotopic (exact) mass is 391 g/mol. The average molecular weight is 392 g/mol. The van der Waals surface area contributed by atoms with Crippen molar-refractivity contribution in [2.75, 3.05) is 13.1 Å². The number of rotatable bonds is 7. The fraction of sp³-hybridized carbons (Fsp3) is 0.417. The first-order valence-electron chi connectivity index (χ1n) is 10.5. The van der Waals surface area contributed by atoms with E-state index >= 15 is 0 Å². The smallest absolute Gasteiger partial charge is 0.335 e. The van der Waals surface area contributed by atoms with E-state index < -0.39 is 5.97 Å². The van der Waals surface area contributed by atoms with Crippen molar-refractivity contribution in [1.29, 1.82) is 0 Å². The van der Waals surface area contributed by atoms with Gasteiger partial charge in [-0.05, 0) is 61.9 Å². The van der Waals surface area contributed by atoms with E-state index in [1.165, 1.54) is 18.4 Å². The molecule has 0 bridgehead atoms. The van der Waals surface area contributed by atoms with E-state index in [-0.39, 0.29) is 0 Å². The van der Waals surface area contributed by atoms with Gasteiger partial charge in [0.1, 0.15) is 5.82 Å². The molecule has 2 aromatic carbocycles. The van der Waals surface area contributed by atoms with Crippen LogP contribution in [0.5, 0.6) is 0 Å². The van der Waals surface area contributed by atoms with Crippen LogP contribution in [0.15, 0.2) is 48.5 Å². The minimum atomic E-state index is -0.909. The van der Waals surface area contributed by atoms with Gasteiger partial charge in [0, 0.05) is 13.1 Å². The van der Waals surface area contributed by atoms with Crippen LogP contribution in [0.1, 0.15) is 48.4 Å². The Labute approximate surface area is 172 Å². The molecule has 1 atom stereocenters. The number of likely N-dealkylation sites (tertiary alicyclic amines) is 1. The number of hydrogen-bond donors (Lipinski definition) is 1. The summed E-state index contributed by atoms with van der Waals surface area (Å²) in [5, 5.41) is 9.26. The second-order valence-corrected chi connectivity index (χ2v) is 8.54. The third-order valence-corrected chi connectivity index (χ3v) is 6.25. The van der Waals surface area contributed by atoms with E-state index in [2.05, 4.69) is 53.6 Å². The quantitative estimate of drug-likeness (QED) is 0.639. The van der Waals surface area contributed by atoms with E-state index in [0.29, 0.717) is 11.0 Å². The molecule has 0 saturated carbocycles. The van der Waals surface area contributed by atoms with Crippen LogP contribution in [0.4, 0.5) is 0 Å². The van der Waals surface area contributed by atoms with Gasteiger partial charge in [-0.2, -0.15) is 0 Å². The fourth-order valence-electron chi connectivity index (χ4n) is 4.54. The zero-order chi connectivity index (χ0) is 20.4. The average Bonchev–Trinajstić information content (AvgIpc) is 3.26. The molecule has 29 heavy (non-hydrogen) atoms. The van der Waals surface area contributed by atoms with Crippen LogP contribution in [0.2, 0.25) is 0 Å². The molecule has 1 fully saturated rings. The number of carboxylic acids is 1. The molecule has 0 spiro atoms. The molecule has 1 aliphatic heterocycles. The van der Waals surface area contributed by atoms with Gasteiger partial charge >= 0.3 is 5.97 Å². The topological polar surface area (TPSA) is 58.4 Å². The van der Waals surface area contributed by atoms with E-state index in [4.69, 9.17) is 4.98 Å². The van der Waals surface area contributed by atoms with E-state index in [1.807, 2.05) is 6.07 Å². The van der Waals surface area contributed by atoms with Crippen molar-refractivity contribution in [3.63, 3.8) is 0 Å². The maximum absolute atomic E-state index is 11.3. The van der Waals surface area contributed by atoms with Crippen LogP contribution in [0.25, 0.3) is 11.0 Å². The zero-order valence-electron chi connectivity index (χ0n) is 17.3. The largest absolute Gasteiger partial charge is 0.478 e. The molecule has 0 amide bonds. The first kappa shape index (κ1) is 19.6. The van der Waals surface area contributed by atoms with Gasteiger partial charge in [-0.3, -0.25) is 4.90 Å². The van der Waals surface area contributed by atoms with Crippen LogP contribution in [-0.2, 0) is 19.5 Å². The number of aryl methyl sites for hydroxylation is 2. The number of aromatic nitrogens is 2. The highest BCUT2D eigenvalue weighted by molar-refractivity contribution is 5.92. The van der Waals surface area contributed by atoms with Crippen LogP contribution in [0, 0.1) is 5.41 Å². The number of carboxylic acid groups (broad SMARTS) is 1. The summed E-state index contributed by atoms with van der Waals surface area (Å²) in [6.45, 7) is 8.32. The second-order valence-electron chi connectivity index (χ2n) is 8.54. The number of carbonyl (C=O) groups is 1. The molecular weight excluding hydrogens is 362 g/mol. The fourth-order valence-corrected chi connectivity index (χ4v) is 4.54. The van der Waals surface area contributed by atoms with Crippen LogP contribution in [-0.4, -0.2) is 38.6 Å². The highest BCUT2D eigenvalue weighted by Gasteiger charge is 2.33.